The quantitative estimate of drug-likeness (QED) is 0.803. The molecule has 0 spiro atoms. The number of rotatable bonds is 3. The molecule has 0 aromatic carbocycles. The van der Waals surface area contributed by atoms with Gasteiger partial charge in [-0.05, 0) is 24.1 Å². The summed E-state index contributed by atoms with van der Waals surface area (Å²) in [6, 6.07) is -2.33. The molecule has 0 fully saturated rings. The van der Waals surface area contributed by atoms with Crippen LogP contribution in [0.3, 0.4) is 0 Å². The fourth-order valence-electron chi connectivity index (χ4n) is 3.05. The first-order valence-corrected chi connectivity index (χ1v) is 7.71. The normalized spacial score (nSPS) is 23.0. The summed E-state index contributed by atoms with van der Waals surface area (Å²) in [6.07, 6.45) is 4.11. The van der Waals surface area contributed by atoms with Crippen molar-refractivity contribution in [1.29, 1.82) is 0 Å². The van der Waals surface area contributed by atoms with Gasteiger partial charge in [0.25, 0.3) is 0 Å². The average Bonchev–Trinajstić information content (AvgIpc) is 2.83. The maximum atomic E-state index is 13.5. The predicted molar refractivity (Wildman–Crippen MR) is 87.9 cm³/mol. The molecule has 2 N–H and O–H groups in total. The van der Waals surface area contributed by atoms with Crippen molar-refractivity contribution in [3.05, 3.63) is 54.0 Å². The van der Waals surface area contributed by atoms with Crippen LogP contribution in [0.5, 0.6) is 0 Å². The van der Waals surface area contributed by atoms with E-state index in [0.29, 0.717) is 12.2 Å². The number of aliphatic hydroxyl groups is 1. The second-order valence-corrected chi connectivity index (χ2v) is 5.90. The second-order valence-electron chi connectivity index (χ2n) is 5.90. The van der Waals surface area contributed by atoms with E-state index in [1.54, 1.807) is 18.2 Å². The number of aromatic nitrogens is 2. The van der Waals surface area contributed by atoms with Crippen LogP contribution in [-0.4, -0.2) is 34.2 Å². The molecular weight excluding hydrogens is 335 g/mol. The van der Waals surface area contributed by atoms with Gasteiger partial charge in [-0.1, -0.05) is 18.7 Å². The van der Waals surface area contributed by atoms with Gasteiger partial charge in [0.2, 0.25) is 0 Å². The number of fused-ring (bicyclic) bond motifs is 1. The number of halogens is 3. The standard InChI is InChI=1S/C17H18F3N3O2/c1-10(24)13-9-21-23-15(17(18,19)20)8-14(22-16(13)23)11-4-3-5-12(25-2)7-6-11/h3-5,7,9,14-15,22,24H,1,6,8H2,2H3. The Morgan fingerprint density at radius 3 is 2.88 bits per heavy atom. The van der Waals surface area contributed by atoms with Crippen LogP contribution in [0.2, 0.25) is 0 Å². The molecule has 2 heterocycles. The Labute approximate surface area is 142 Å². The number of nitrogens with one attached hydrogen (secondary N) is 1. The number of allylic oxidation sites excluding steroid dienone is 4. The Morgan fingerprint density at radius 2 is 2.24 bits per heavy atom. The maximum Gasteiger partial charge on any atom is 0.410 e. The molecule has 2 unspecified atom stereocenters. The molecule has 0 radical (unpaired) electrons. The number of aliphatic hydroxyl groups excluding tert-OH is 1. The van der Waals surface area contributed by atoms with Crippen molar-refractivity contribution < 1.29 is 23.0 Å². The lowest BCUT2D eigenvalue weighted by atomic mass is 9.94. The highest BCUT2D eigenvalue weighted by Crippen LogP contribution is 2.42. The molecule has 1 aromatic heterocycles. The van der Waals surface area contributed by atoms with E-state index in [0.717, 1.165) is 10.3 Å². The summed E-state index contributed by atoms with van der Waals surface area (Å²) in [4.78, 5) is 0. The molecule has 2 aliphatic rings. The van der Waals surface area contributed by atoms with E-state index in [2.05, 4.69) is 17.0 Å². The zero-order valence-electron chi connectivity index (χ0n) is 13.5. The Kier molecular flexibility index (Phi) is 4.36. The lowest BCUT2D eigenvalue weighted by Gasteiger charge is -2.34. The SMILES string of the molecule is C=C(O)c1cnn2c1NC(C1=CC=CC(OC)=CC1)CC2C(F)(F)F. The van der Waals surface area contributed by atoms with Crippen molar-refractivity contribution in [2.24, 2.45) is 0 Å². The largest absolute Gasteiger partial charge is 0.508 e. The summed E-state index contributed by atoms with van der Waals surface area (Å²) in [5.41, 5.74) is 0.955. The van der Waals surface area contributed by atoms with Gasteiger partial charge >= 0.3 is 6.18 Å². The molecular formula is C17H18F3N3O2. The van der Waals surface area contributed by atoms with Gasteiger partial charge in [-0.25, -0.2) is 4.68 Å². The van der Waals surface area contributed by atoms with E-state index in [9.17, 15) is 18.3 Å². The van der Waals surface area contributed by atoms with Crippen molar-refractivity contribution in [3.8, 4) is 0 Å². The van der Waals surface area contributed by atoms with E-state index in [1.165, 1.54) is 13.3 Å². The van der Waals surface area contributed by atoms with Gasteiger partial charge in [-0.15, -0.1) is 0 Å². The van der Waals surface area contributed by atoms with Crippen LogP contribution >= 0.6 is 0 Å². The number of nitrogens with zero attached hydrogens (tertiary/aromatic N) is 2. The number of ether oxygens (including phenoxy) is 1. The number of hydrogen-bond donors (Lipinski definition) is 2. The number of methoxy groups -OCH3 is 1. The zero-order chi connectivity index (χ0) is 18.2. The number of alkyl halides is 3. The number of hydrogen-bond acceptors (Lipinski definition) is 4. The first kappa shape index (κ1) is 17.2. The van der Waals surface area contributed by atoms with Gasteiger partial charge in [0, 0.05) is 6.42 Å². The van der Waals surface area contributed by atoms with Crippen molar-refractivity contribution in [2.45, 2.75) is 31.1 Å². The maximum absolute atomic E-state index is 13.5. The molecule has 134 valence electrons. The Balaban J connectivity index is 1.97. The first-order valence-electron chi connectivity index (χ1n) is 7.71. The van der Waals surface area contributed by atoms with Crippen LogP contribution in [0.1, 0.15) is 24.4 Å². The van der Waals surface area contributed by atoms with Gasteiger partial charge in [0.15, 0.2) is 6.04 Å². The first-order chi connectivity index (χ1) is 11.8. The lowest BCUT2D eigenvalue weighted by molar-refractivity contribution is -0.173. The summed E-state index contributed by atoms with van der Waals surface area (Å²) in [7, 11) is 1.54. The van der Waals surface area contributed by atoms with Crippen LogP contribution in [0.15, 0.2) is 48.4 Å². The summed E-state index contributed by atoms with van der Waals surface area (Å²) < 4.78 is 46.6. The van der Waals surface area contributed by atoms with Crippen LogP contribution in [-0.2, 0) is 4.74 Å². The van der Waals surface area contributed by atoms with E-state index in [-0.39, 0.29) is 23.6 Å². The van der Waals surface area contributed by atoms with Gasteiger partial charge in [-0.3, -0.25) is 0 Å². The predicted octanol–water partition coefficient (Wildman–Crippen LogP) is 4.12. The molecule has 8 heteroatoms. The van der Waals surface area contributed by atoms with E-state index < -0.39 is 18.3 Å². The molecule has 0 bridgehead atoms. The smallest absolute Gasteiger partial charge is 0.410 e. The van der Waals surface area contributed by atoms with Crippen LogP contribution in [0, 0.1) is 0 Å². The highest BCUT2D eigenvalue weighted by Gasteiger charge is 2.47. The minimum Gasteiger partial charge on any atom is -0.508 e. The molecule has 1 aliphatic heterocycles. The molecule has 0 saturated heterocycles. The minimum absolute atomic E-state index is 0.121. The third-order valence-electron chi connectivity index (χ3n) is 4.34. The monoisotopic (exact) mass is 353 g/mol. The molecule has 1 aromatic rings. The Bertz CT molecular complexity index is 775. The molecule has 0 amide bonds. The van der Waals surface area contributed by atoms with Gasteiger partial charge in [0.05, 0.1) is 24.9 Å². The van der Waals surface area contributed by atoms with Gasteiger partial charge < -0.3 is 15.2 Å². The molecule has 1 aliphatic carbocycles. The third kappa shape index (κ3) is 3.29. The summed E-state index contributed by atoms with van der Waals surface area (Å²) in [5.74, 6) is 0.451. The molecule has 5 nitrogen and oxygen atoms in total. The Hall–Kier alpha value is -2.64. The van der Waals surface area contributed by atoms with E-state index in [4.69, 9.17) is 4.74 Å². The van der Waals surface area contributed by atoms with Gasteiger partial charge in [0.1, 0.15) is 17.3 Å². The summed E-state index contributed by atoms with van der Waals surface area (Å²) in [5, 5.41) is 16.5. The van der Waals surface area contributed by atoms with Crippen LogP contribution < -0.4 is 5.32 Å². The van der Waals surface area contributed by atoms with Crippen molar-refractivity contribution >= 4 is 11.6 Å². The highest BCUT2D eigenvalue weighted by molar-refractivity contribution is 5.69. The van der Waals surface area contributed by atoms with Gasteiger partial charge in [-0.2, -0.15) is 18.3 Å². The fourth-order valence-corrected chi connectivity index (χ4v) is 3.05. The van der Waals surface area contributed by atoms with E-state index in [1.807, 2.05) is 6.08 Å². The van der Waals surface area contributed by atoms with E-state index >= 15 is 0 Å². The Morgan fingerprint density at radius 1 is 1.48 bits per heavy atom. The third-order valence-corrected chi connectivity index (χ3v) is 4.34. The average molecular weight is 353 g/mol. The molecule has 2 atom stereocenters. The topological polar surface area (TPSA) is 59.3 Å². The lowest BCUT2D eigenvalue weighted by Crippen LogP contribution is -2.40. The summed E-state index contributed by atoms with van der Waals surface area (Å²) in [6.45, 7) is 3.40. The summed E-state index contributed by atoms with van der Waals surface area (Å²) >= 11 is 0. The zero-order valence-corrected chi connectivity index (χ0v) is 13.5. The fraction of sp³-hybridized carbons (Fsp3) is 0.353. The molecule has 3 rings (SSSR count). The van der Waals surface area contributed by atoms with Crippen LogP contribution in [0.25, 0.3) is 5.76 Å². The highest BCUT2D eigenvalue weighted by atomic mass is 19.4. The van der Waals surface area contributed by atoms with Crippen LogP contribution in [0.4, 0.5) is 19.0 Å². The molecule has 0 saturated carbocycles. The minimum atomic E-state index is -4.45. The van der Waals surface area contributed by atoms with Crippen molar-refractivity contribution in [3.63, 3.8) is 0 Å². The van der Waals surface area contributed by atoms with Crippen molar-refractivity contribution in [1.82, 2.24) is 9.78 Å². The van der Waals surface area contributed by atoms with Crippen molar-refractivity contribution in [2.75, 3.05) is 12.4 Å². The molecule has 25 heavy (non-hydrogen) atoms. The second kappa shape index (κ2) is 6.34. The number of anilines is 1.